The van der Waals surface area contributed by atoms with Gasteiger partial charge in [-0.25, -0.2) is 0 Å². The molecule has 0 unspecified atom stereocenters. The van der Waals surface area contributed by atoms with Crippen molar-refractivity contribution in [3.05, 3.63) is 53.6 Å². The van der Waals surface area contributed by atoms with Crippen molar-refractivity contribution in [1.29, 1.82) is 0 Å². The molecule has 0 spiro atoms. The van der Waals surface area contributed by atoms with Crippen LogP contribution in [0.5, 0.6) is 11.5 Å². The van der Waals surface area contributed by atoms with Gasteiger partial charge in [-0.3, -0.25) is 4.55 Å². The van der Waals surface area contributed by atoms with E-state index in [1.54, 1.807) is 0 Å². The molecule has 7 nitrogen and oxygen atoms in total. The largest absolute Gasteiger partial charge is 0.506 e. The van der Waals surface area contributed by atoms with Gasteiger partial charge in [-0.2, -0.15) is 8.42 Å². The van der Waals surface area contributed by atoms with Crippen LogP contribution >= 0.6 is 11.6 Å². The van der Waals surface area contributed by atoms with Crippen molar-refractivity contribution in [2.75, 3.05) is 0 Å². The summed E-state index contributed by atoms with van der Waals surface area (Å²) in [7, 11) is -4.35. The second-order valence-corrected chi connectivity index (χ2v) is 6.98. The first-order valence-corrected chi connectivity index (χ1v) is 8.71. The van der Waals surface area contributed by atoms with E-state index in [0.29, 0.717) is 15.8 Å². The Morgan fingerprint density at radius 1 is 0.880 bits per heavy atom. The highest BCUT2D eigenvalue weighted by Crippen LogP contribution is 2.38. The average Bonchev–Trinajstić information content (AvgIpc) is 2.55. The molecular formula is C16H11ClN2O5S. The summed E-state index contributed by atoms with van der Waals surface area (Å²) >= 11 is 5.84. The Bertz CT molecular complexity index is 1110. The van der Waals surface area contributed by atoms with Crippen molar-refractivity contribution in [1.82, 2.24) is 0 Å². The fourth-order valence-corrected chi connectivity index (χ4v) is 2.91. The van der Waals surface area contributed by atoms with Crippen LogP contribution in [0, 0.1) is 0 Å². The van der Waals surface area contributed by atoms with E-state index in [0.717, 1.165) is 0 Å². The fraction of sp³-hybridized carbons (Fsp3) is 0. The summed E-state index contributed by atoms with van der Waals surface area (Å²) in [5, 5.41) is 28.8. The van der Waals surface area contributed by atoms with E-state index in [4.69, 9.17) is 16.2 Å². The van der Waals surface area contributed by atoms with Gasteiger partial charge in [0.05, 0.1) is 4.90 Å². The number of rotatable bonds is 3. The van der Waals surface area contributed by atoms with Crippen molar-refractivity contribution >= 4 is 43.9 Å². The van der Waals surface area contributed by atoms with Crippen LogP contribution in [0.1, 0.15) is 0 Å². The molecule has 0 aromatic heterocycles. The van der Waals surface area contributed by atoms with Gasteiger partial charge in [0.25, 0.3) is 10.1 Å². The van der Waals surface area contributed by atoms with Crippen LogP contribution in [0.2, 0.25) is 5.02 Å². The third kappa shape index (κ3) is 3.55. The normalized spacial score (nSPS) is 12.1. The van der Waals surface area contributed by atoms with Crippen molar-refractivity contribution in [3.63, 3.8) is 0 Å². The van der Waals surface area contributed by atoms with E-state index >= 15 is 0 Å². The van der Waals surface area contributed by atoms with Crippen molar-refractivity contribution in [2.24, 2.45) is 10.2 Å². The van der Waals surface area contributed by atoms with E-state index in [-0.39, 0.29) is 27.8 Å². The lowest BCUT2D eigenvalue weighted by molar-refractivity contribution is 0.474. The Labute approximate surface area is 147 Å². The number of halogens is 1. The Morgan fingerprint density at radius 2 is 1.60 bits per heavy atom. The number of azo groups is 1. The molecule has 0 radical (unpaired) electrons. The van der Waals surface area contributed by atoms with Gasteiger partial charge in [0.1, 0.15) is 22.9 Å². The molecule has 0 aliphatic carbocycles. The number of hydrogen-bond acceptors (Lipinski definition) is 6. The molecule has 0 heterocycles. The van der Waals surface area contributed by atoms with Gasteiger partial charge >= 0.3 is 0 Å². The van der Waals surface area contributed by atoms with Crippen LogP contribution in [0.3, 0.4) is 0 Å². The van der Waals surface area contributed by atoms with Gasteiger partial charge in [-0.15, -0.1) is 10.2 Å². The van der Waals surface area contributed by atoms with Gasteiger partial charge in [-0.05, 0) is 41.8 Å². The molecule has 25 heavy (non-hydrogen) atoms. The summed E-state index contributed by atoms with van der Waals surface area (Å²) in [4.78, 5) is -0.277. The molecule has 3 N–H and O–H groups in total. The number of phenolic OH excluding ortho intramolecular Hbond substituents is 2. The highest BCUT2D eigenvalue weighted by Gasteiger charge is 2.13. The molecule has 3 aromatic carbocycles. The van der Waals surface area contributed by atoms with Crippen molar-refractivity contribution in [3.8, 4) is 11.5 Å². The molecule has 0 amide bonds. The zero-order valence-corrected chi connectivity index (χ0v) is 14.0. The van der Waals surface area contributed by atoms with Crippen LogP contribution in [0.4, 0.5) is 11.4 Å². The quantitative estimate of drug-likeness (QED) is 0.455. The Balaban J connectivity index is 2.14. The molecule has 0 saturated carbocycles. The first-order valence-electron chi connectivity index (χ1n) is 6.89. The van der Waals surface area contributed by atoms with E-state index in [1.807, 2.05) is 0 Å². The summed E-state index contributed by atoms with van der Waals surface area (Å²) in [6.45, 7) is 0. The lowest BCUT2D eigenvalue weighted by Crippen LogP contribution is -1.97. The van der Waals surface area contributed by atoms with Gasteiger partial charge < -0.3 is 10.2 Å². The third-order valence-corrected chi connectivity index (χ3v) is 4.52. The minimum Gasteiger partial charge on any atom is -0.506 e. The molecular weight excluding hydrogens is 368 g/mol. The lowest BCUT2D eigenvalue weighted by atomic mass is 10.1. The van der Waals surface area contributed by atoms with E-state index in [9.17, 15) is 18.6 Å². The average molecular weight is 379 g/mol. The summed E-state index contributed by atoms with van der Waals surface area (Å²) in [5.41, 5.74) is 0.192. The molecule has 3 rings (SSSR count). The molecule has 0 fully saturated rings. The molecule has 0 aliphatic rings. The molecule has 0 bridgehead atoms. The number of hydrogen-bond donors (Lipinski definition) is 3. The molecule has 0 saturated heterocycles. The van der Waals surface area contributed by atoms with Crippen LogP contribution in [-0.2, 0) is 10.1 Å². The summed E-state index contributed by atoms with van der Waals surface area (Å²) in [5.74, 6) is -0.320. The van der Waals surface area contributed by atoms with Gasteiger partial charge in [0.15, 0.2) is 0 Å². The Morgan fingerprint density at radius 3 is 2.32 bits per heavy atom. The summed E-state index contributed by atoms with van der Waals surface area (Å²) in [6, 6.07) is 10.9. The topological polar surface area (TPSA) is 120 Å². The van der Waals surface area contributed by atoms with Crippen molar-refractivity contribution in [2.45, 2.75) is 4.90 Å². The fourth-order valence-electron chi connectivity index (χ4n) is 2.23. The maximum absolute atomic E-state index is 11.2. The van der Waals surface area contributed by atoms with Gasteiger partial charge in [0, 0.05) is 10.4 Å². The monoisotopic (exact) mass is 378 g/mol. The van der Waals surface area contributed by atoms with E-state index in [2.05, 4.69) is 10.2 Å². The minimum absolute atomic E-state index is 0.0822. The smallest absolute Gasteiger partial charge is 0.294 e. The highest BCUT2D eigenvalue weighted by molar-refractivity contribution is 7.85. The SMILES string of the molecule is O=S(=O)(O)c1ccc2c(N=Nc3cc(Cl)ccc3O)c(O)ccc2c1. The molecule has 0 atom stereocenters. The zero-order valence-electron chi connectivity index (χ0n) is 12.5. The van der Waals surface area contributed by atoms with Gasteiger partial charge in [-0.1, -0.05) is 23.7 Å². The second kappa shape index (κ2) is 6.32. The molecule has 128 valence electrons. The summed E-state index contributed by atoms with van der Waals surface area (Å²) < 4.78 is 31.6. The van der Waals surface area contributed by atoms with Crippen LogP contribution in [0.25, 0.3) is 10.8 Å². The Kier molecular flexibility index (Phi) is 4.34. The third-order valence-electron chi connectivity index (χ3n) is 3.43. The first-order chi connectivity index (χ1) is 11.8. The number of benzene rings is 3. The second-order valence-electron chi connectivity index (χ2n) is 5.12. The maximum Gasteiger partial charge on any atom is 0.294 e. The number of phenols is 2. The number of fused-ring (bicyclic) bond motifs is 1. The first kappa shape index (κ1) is 17.2. The standard InChI is InChI=1S/C16H11ClN2O5S/c17-10-2-6-14(20)13(8-10)18-19-16-12-4-3-11(25(22,23)24)7-9(12)1-5-15(16)21/h1-8,20-21H,(H,22,23,24). The van der Waals surface area contributed by atoms with Gasteiger partial charge in [0.2, 0.25) is 0 Å². The molecule has 3 aromatic rings. The Hall–Kier alpha value is -2.68. The lowest BCUT2D eigenvalue weighted by Gasteiger charge is -2.06. The van der Waals surface area contributed by atoms with Crippen LogP contribution in [-0.4, -0.2) is 23.2 Å². The van der Waals surface area contributed by atoms with Crippen LogP contribution < -0.4 is 0 Å². The van der Waals surface area contributed by atoms with Crippen LogP contribution in [0.15, 0.2) is 63.7 Å². The summed E-state index contributed by atoms with van der Waals surface area (Å²) in [6.07, 6.45) is 0. The minimum atomic E-state index is -4.35. The zero-order chi connectivity index (χ0) is 18.2. The number of nitrogens with zero attached hydrogens (tertiary/aromatic N) is 2. The number of aromatic hydroxyl groups is 2. The van der Waals surface area contributed by atoms with E-state index in [1.165, 1.54) is 48.5 Å². The molecule has 9 heteroatoms. The predicted molar refractivity (Wildman–Crippen MR) is 92.7 cm³/mol. The predicted octanol–water partition coefficient (Wildman–Crippen LogP) is 4.57. The van der Waals surface area contributed by atoms with Crippen molar-refractivity contribution < 1.29 is 23.2 Å². The van der Waals surface area contributed by atoms with E-state index < -0.39 is 10.1 Å². The highest BCUT2D eigenvalue weighted by atomic mass is 35.5. The molecule has 0 aliphatic heterocycles. The maximum atomic E-state index is 11.2.